The largest absolute Gasteiger partial charge is 0.457 e. The summed E-state index contributed by atoms with van der Waals surface area (Å²) >= 11 is 0. The molecule has 0 N–H and O–H groups in total. The fraction of sp³-hybridized carbons (Fsp3) is 0.294. The van der Waals surface area contributed by atoms with Crippen molar-refractivity contribution < 1.29 is 9.47 Å². The Labute approximate surface area is 117 Å². The molecule has 0 fully saturated rings. The van der Waals surface area contributed by atoms with Crippen LogP contribution in [0.25, 0.3) is 0 Å². The third-order valence-corrected chi connectivity index (χ3v) is 2.62. The minimum Gasteiger partial charge on any atom is -0.457 e. The minimum absolute atomic E-state index is 0. The summed E-state index contributed by atoms with van der Waals surface area (Å²) in [7, 11) is 0. The van der Waals surface area contributed by atoms with Crippen molar-refractivity contribution in [3.05, 3.63) is 59.7 Å². The summed E-state index contributed by atoms with van der Waals surface area (Å²) in [5.41, 5.74) is 2.22. The Kier molecular flexibility index (Phi) is 7.35. The monoisotopic (exact) mass is 260 g/mol. The maximum atomic E-state index is 5.57. The van der Waals surface area contributed by atoms with Gasteiger partial charge in [-0.1, -0.05) is 51.3 Å². The lowest BCUT2D eigenvalue weighted by molar-refractivity contribution is 0.118. The number of para-hydroxylation sites is 2. The Morgan fingerprint density at radius 2 is 1.05 bits per heavy atom. The van der Waals surface area contributed by atoms with E-state index in [9.17, 15) is 0 Å². The summed E-state index contributed by atoms with van der Waals surface area (Å²) in [4.78, 5) is 0. The number of rotatable bonds is 4. The van der Waals surface area contributed by atoms with Crippen LogP contribution >= 0.6 is 0 Å². The second-order valence-corrected chi connectivity index (χ2v) is 3.94. The van der Waals surface area contributed by atoms with Crippen molar-refractivity contribution in [3.63, 3.8) is 0 Å². The quantitative estimate of drug-likeness (QED) is 0.721. The third-order valence-electron chi connectivity index (χ3n) is 2.62. The third kappa shape index (κ3) is 4.66. The normalized spacial score (nSPS) is 8.95. The number of ether oxygens (including phenoxy) is 2. The van der Waals surface area contributed by atoms with Crippen LogP contribution in [0.3, 0.4) is 0 Å². The average molecular weight is 260 g/mol. The van der Waals surface area contributed by atoms with E-state index in [1.807, 2.05) is 62.4 Å². The Hall–Kier alpha value is -1.96. The van der Waals surface area contributed by atoms with E-state index in [0.717, 1.165) is 22.6 Å². The molecule has 2 heteroatoms. The molecule has 0 spiro atoms. The SMILES string of the molecule is C.C.Cc1ccccc1OCOc1ccccc1C. The average Bonchev–Trinajstić information content (AvgIpc) is 2.34. The molecular formula is C17H24O2. The van der Waals surface area contributed by atoms with E-state index in [0.29, 0.717) is 0 Å². The zero-order valence-corrected chi connectivity index (χ0v) is 10.1. The van der Waals surface area contributed by atoms with Gasteiger partial charge in [0.15, 0.2) is 0 Å². The van der Waals surface area contributed by atoms with Gasteiger partial charge >= 0.3 is 0 Å². The first-order valence-corrected chi connectivity index (χ1v) is 5.64. The van der Waals surface area contributed by atoms with Gasteiger partial charge in [-0.3, -0.25) is 0 Å². The molecule has 2 rings (SSSR count). The second-order valence-electron chi connectivity index (χ2n) is 3.94. The smallest absolute Gasteiger partial charge is 0.230 e. The second kappa shape index (κ2) is 8.20. The van der Waals surface area contributed by atoms with Crippen molar-refractivity contribution in [2.24, 2.45) is 0 Å². The van der Waals surface area contributed by atoms with E-state index in [4.69, 9.17) is 9.47 Å². The molecule has 0 aliphatic heterocycles. The first kappa shape index (κ1) is 17.0. The highest BCUT2D eigenvalue weighted by molar-refractivity contribution is 5.33. The van der Waals surface area contributed by atoms with E-state index < -0.39 is 0 Å². The molecular weight excluding hydrogens is 236 g/mol. The van der Waals surface area contributed by atoms with Crippen molar-refractivity contribution in [1.82, 2.24) is 0 Å². The molecule has 0 saturated heterocycles. The van der Waals surface area contributed by atoms with E-state index in [1.54, 1.807) is 0 Å². The van der Waals surface area contributed by atoms with Gasteiger partial charge in [-0.15, -0.1) is 0 Å². The molecule has 0 heterocycles. The van der Waals surface area contributed by atoms with Crippen LogP contribution < -0.4 is 9.47 Å². The Bertz CT molecular complexity index is 447. The number of benzene rings is 2. The van der Waals surface area contributed by atoms with Crippen LogP contribution in [-0.2, 0) is 0 Å². The minimum atomic E-state index is 0. The van der Waals surface area contributed by atoms with Crippen LogP contribution in [0, 0.1) is 13.8 Å². The number of hydrogen-bond donors (Lipinski definition) is 0. The van der Waals surface area contributed by atoms with Crippen molar-refractivity contribution in [1.29, 1.82) is 0 Å². The van der Waals surface area contributed by atoms with Gasteiger partial charge in [-0.2, -0.15) is 0 Å². The fourth-order valence-electron chi connectivity index (χ4n) is 1.59. The maximum absolute atomic E-state index is 5.57. The molecule has 19 heavy (non-hydrogen) atoms. The van der Waals surface area contributed by atoms with Crippen molar-refractivity contribution in [3.8, 4) is 11.5 Å². The van der Waals surface area contributed by atoms with Crippen LogP contribution in [0.5, 0.6) is 11.5 Å². The Morgan fingerprint density at radius 1 is 0.684 bits per heavy atom. The molecule has 2 aromatic carbocycles. The predicted molar refractivity (Wildman–Crippen MR) is 81.9 cm³/mol. The molecule has 0 bridgehead atoms. The highest BCUT2D eigenvalue weighted by Crippen LogP contribution is 2.19. The molecule has 104 valence electrons. The van der Waals surface area contributed by atoms with Gasteiger partial charge in [-0.05, 0) is 37.1 Å². The molecule has 0 saturated carbocycles. The molecule has 0 aromatic heterocycles. The number of hydrogen-bond acceptors (Lipinski definition) is 2. The van der Waals surface area contributed by atoms with Crippen LogP contribution in [0.2, 0.25) is 0 Å². The van der Waals surface area contributed by atoms with Gasteiger partial charge in [0.05, 0.1) is 0 Å². The van der Waals surface area contributed by atoms with Gasteiger partial charge in [0.25, 0.3) is 0 Å². The number of aryl methyl sites for hydroxylation is 2. The molecule has 2 nitrogen and oxygen atoms in total. The summed E-state index contributed by atoms with van der Waals surface area (Å²) in [5, 5.41) is 0. The van der Waals surface area contributed by atoms with Gasteiger partial charge in [-0.25, -0.2) is 0 Å². The molecule has 0 aliphatic carbocycles. The molecule has 0 amide bonds. The van der Waals surface area contributed by atoms with E-state index in [1.165, 1.54) is 0 Å². The van der Waals surface area contributed by atoms with Crippen molar-refractivity contribution in [2.45, 2.75) is 28.7 Å². The zero-order chi connectivity index (χ0) is 12.1. The summed E-state index contributed by atoms with van der Waals surface area (Å²) in [6.07, 6.45) is 0. The summed E-state index contributed by atoms with van der Waals surface area (Å²) in [6, 6.07) is 15.8. The summed E-state index contributed by atoms with van der Waals surface area (Å²) < 4.78 is 11.1. The van der Waals surface area contributed by atoms with E-state index in [-0.39, 0.29) is 21.6 Å². The predicted octanol–water partition coefficient (Wildman–Crippen LogP) is 4.99. The van der Waals surface area contributed by atoms with Crippen molar-refractivity contribution in [2.75, 3.05) is 6.79 Å². The van der Waals surface area contributed by atoms with Crippen LogP contribution in [0.1, 0.15) is 26.0 Å². The van der Waals surface area contributed by atoms with Gasteiger partial charge in [0, 0.05) is 0 Å². The standard InChI is InChI=1S/C15H16O2.2CH4/c1-12-7-3-5-9-14(12)16-11-17-15-10-6-4-8-13(15)2;;/h3-10H,11H2,1-2H3;2*1H4. The molecule has 2 aromatic rings. The van der Waals surface area contributed by atoms with Crippen LogP contribution in [-0.4, -0.2) is 6.79 Å². The summed E-state index contributed by atoms with van der Waals surface area (Å²) in [6.45, 7) is 4.27. The lowest BCUT2D eigenvalue weighted by Gasteiger charge is -2.11. The van der Waals surface area contributed by atoms with Crippen LogP contribution in [0.15, 0.2) is 48.5 Å². The maximum Gasteiger partial charge on any atom is 0.230 e. The first-order chi connectivity index (χ1) is 8.27. The summed E-state index contributed by atoms with van der Waals surface area (Å²) in [5.74, 6) is 1.72. The van der Waals surface area contributed by atoms with Gasteiger partial charge in [0.1, 0.15) is 11.5 Å². The Balaban J connectivity index is 0.00000162. The van der Waals surface area contributed by atoms with Crippen molar-refractivity contribution >= 4 is 0 Å². The molecule has 0 radical (unpaired) electrons. The highest BCUT2D eigenvalue weighted by atomic mass is 16.7. The Morgan fingerprint density at radius 3 is 1.42 bits per heavy atom. The first-order valence-electron chi connectivity index (χ1n) is 5.64. The van der Waals surface area contributed by atoms with E-state index >= 15 is 0 Å². The zero-order valence-electron chi connectivity index (χ0n) is 10.1. The van der Waals surface area contributed by atoms with Crippen LogP contribution in [0.4, 0.5) is 0 Å². The van der Waals surface area contributed by atoms with Gasteiger partial charge in [0.2, 0.25) is 6.79 Å². The lowest BCUT2D eigenvalue weighted by Crippen LogP contribution is -2.07. The molecule has 0 atom stereocenters. The highest BCUT2D eigenvalue weighted by Gasteiger charge is 2.00. The topological polar surface area (TPSA) is 18.5 Å². The van der Waals surface area contributed by atoms with Gasteiger partial charge < -0.3 is 9.47 Å². The fourth-order valence-corrected chi connectivity index (χ4v) is 1.59. The molecule has 0 unspecified atom stereocenters. The lowest BCUT2D eigenvalue weighted by atomic mass is 10.2. The van der Waals surface area contributed by atoms with E-state index in [2.05, 4.69) is 0 Å². The molecule has 0 aliphatic rings.